The van der Waals surface area contributed by atoms with Crippen molar-refractivity contribution in [2.45, 2.75) is 6.92 Å². The summed E-state index contributed by atoms with van der Waals surface area (Å²) in [4.78, 5) is 12.0. The van der Waals surface area contributed by atoms with Crippen LogP contribution in [0, 0.1) is 0 Å². The van der Waals surface area contributed by atoms with Gasteiger partial charge in [-0.25, -0.2) is 0 Å². The van der Waals surface area contributed by atoms with Gasteiger partial charge in [-0.15, -0.1) is 0 Å². The van der Waals surface area contributed by atoms with Gasteiger partial charge in [0.05, 0.1) is 6.61 Å². The van der Waals surface area contributed by atoms with Gasteiger partial charge in [0.25, 0.3) is 0 Å². The minimum Gasteiger partial charge on any atom is -0.493 e. The van der Waals surface area contributed by atoms with Crippen LogP contribution in [0.15, 0.2) is 48.5 Å². The van der Waals surface area contributed by atoms with Crippen LogP contribution in [0.2, 0.25) is 10.0 Å². The first-order chi connectivity index (χ1) is 10.6. The second-order valence-corrected chi connectivity index (χ2v) is 5.32. The Labute approximate surface area is 139 Å². The van der Waals surface area contributed by atoms with E-state index in [0.29, 0.717) is 22.3 Å². The molecule has 0 atom stereocenters. The third kappa shape index (κ3) is 4.79. The Morgan fingerprint density at radius 2 is 1.86 bits per heavy atom. The van der Waals surface area contributed by atoms with Crippen LogP contribution in [0.4, 0.5) is 5.69 Å². The molecule has 3 nitrogen and oxygen atoms in total. The molecule has 1 N–H and O–H groups in total. The Kier molecular flexibility index (Phi) is 5.87. The van der Waals surface area contributed by atoms with Crippen molar-refractivity contribution in [2.75, 3.05) is 11.9 Å². The number of anilines is 1. The summed E-state index contributed by atoms with van der Waals surface area (Å²) in [6, 6.07) is 12.4. The van der Waals surface area contributed by atoms with E-state index < -0.39 is 0 Å². The summed E-state index contributed by atoms with van der Waals surface area (Å²) >= 11 is 11.8. The van der Waals surface area contributed by atoms with Gasteiger partial charge < -0.3 is 10.1 Å². The number of halogens is 2. The van der Waals surface area contributed by atoms with E-state index in [1.807, 2.05) is 31.2 Å². The Balaban J connectivity index is 2.08. The maximum absolute atomic E-state index is 12.0. The first kappa shape index (κ1) is 16.4. The van der Waals surface area contributed by atoms with Crippen molar-refractivity contribution in [3.05, 3.63) is 64.1 Å². The molecule has 0 aromatic heterocycles. The van der Waals surface area contributed by atoms with Gasteiger partial charge in [0.1, 0.15) is 5.75 Å². The molecular weight excluding hydrogens is 321 g/mol. The molecule has 1 amide bonds. The summed E-state index contributed by atoms with van der Waals surface area (Å²) in [7, 11) is 0. The van der Waals surface area contributed by atoms with Crippen molar-refractivity contribution in [3.63, 3.8) is 0 Å². The maximum Gasteiger partial charge on any atom is 0.248 e. The molecule has 2 aromatic rings. The number of benzene rings is 2. The molecule has 22 heavy (non-hydrogen) atoms. The van der Waals surface area contributed by atoms with Crippen molar-refractivity contribution in [1.82, 2.24) is 0 Å². The number of nitrogens with one attached hydrogen (secondary N) is 1. The molecule has 5 heteroatoms. The van der Waals surface area contributed by atoms with Gasteiger partial charge in [-0.05, 0) is 37.3 Å². The van der Waals surface area contributed by atoms with Crippen LogP contribution in [0.25, 0.3) is 6.08 Å². The molecule has 0 fully saturated rings. The van der Waals surface area contributed by atoms with Crippen molar-refractivity contribution < 1.29 is 9.53 Å². The number of hydrogen-bond acceptors (Lipinski definition) is 2. The lowest BCUT2D eigenvalue weighted by atomic mass is 10.2. The molecule has 0 bridgehead atoms. The van der Waals surface area contributed by atoms with Gasteiger partial charge in [0, 0.05) is 27.4 Å². The van der Waals surface area contributed by atoms with Crippen molar-refractivity contribution in [3.8, 4) is 5.75 Å². The van der Waals surface area contributed by atoms with Crippen molar-refractivity contribution in [2.24, 2.45) is 0 Å². The van der Waals surface area contributed by atoms with E-state index in [1.54, 1.807) is 24.3 Å². The second-order valence-electron chi connectivity index (χ2n) is 4.45. The predicted molar refractivity (Wildman–Crippen MR) is 91.7 cm³/mol. The largest absolute Gasteiger partial charge is 0.493 e. The fourth-order valence-corrected chi connectivity index (χ4v) is 2.41. The van der Waals surface area contributed by atoms with Gasteiger partial charge in [0.15, 0.2) is 0 Å². The summed E-state index contributed by atoms with van der Waals surface area (Å²) in [6.45, 7) is 2.48. The third-order valence-corrected chi connectivity index (χ3v) is 3.20. The molecule has 0 saturated heterocycles. The molecule has 0 saturated carbocycles. The van der Waals surface area contributed by atoms with Crippen molar-refractivity contribution in [1.29, 1.82) is 0 Å². The highest BCUT2D eigenvalue weighted by Gasteiger charge is 2.03. The zero-order chi connectivity index (χ0) is 15.9. The first-order valence-electron chi connectivity index (χ1n) is 6.75. The van der Waals surface area contributed by atoms with E-state index in [0.717, 1.165) is 11.3 Å². The van der Waals surface area contributed by atoms with Crippen LogP contribution < -0.4 is 10.1 Å². The molecule has 0 radical (unpaired) electrons. The van der Waals surface area contributed by atoms with E-state index in [1.165, 1.54) is 6.08 Å². The van der Waals surface area contributed by atoms with Crippen molar-refractivity contribution >= 4 is 40.9 Å². The highest BCUT2D eigenvalue weighted by molar-refractivity contribution is 6.35. The third-order valence-electron chi connectivity index (χ3n) is 2.76. The zero-order valence-electron chi connectivity index (χ0n) is 12.0. The fraction of sp³-hybridized carbons (Fsp3) is 0.118. The summed E-state index contributed by atoms with van der Waals surface area (Å²) in [5.74, 6) is 0.462. The number of carbonyl (C=O) groups is 1. The minimum absolute atomic E-state index is 0.273. The van der Waals surface area contributed by atoms with Gasteiger partial charge in [-0.3, -0.25) is 4.79 Å². The first-order valence-corrected chi connectivity index (χ1v) is 7.51. The topological polar surface area (TPSA) is 38.3 Å². The molecule has 0 aliphatic heterocycles. The van der Waals surface area contributed by atoms with E-state index in [-0.39, 0.29) is 5.91 Å². The average Bonchev–Trinajstić information content (AvgIpc) is 2.45. The summed E-state index contributed by atoms with van der Waals surface area (Å²) in [6.07, 6.45) is 3.14. The predicted octanol–water partition coefficient (Wildman–Crippen LogP) is 5.04. The number of para-hydroxylation sites is 1. The van der Waals surface area contributed by atoms with Crippen LogP contribution in [-0.2, 0) is 4.79 Å². The monoisotopic (exact) mass is 335 g/mol. The minimum atomic E-state index is -0.273. The maximum atomic E-state index is 12.0. The van der Waals surface area contributed by atoms with E-state index in [9.17, 15) is 4.79 Å². The number of rotatable bonds is 5. The normalized spacial score (nSPS) is 10.7. The van der Waals surface area contributed by atoms with E-state index in [2.05, 4.69) is 5.32 Å². The van der Waals surface area contributed by atoms with Gasteiger partial charge in [0.2, 0.25) is 5.91 Å². The van der Waals surface area contributed by atoms with Gasteiger partial charge in [-0.1, -0.05) is 41.4 Å². The van der Waals surface area contributed by atoms with Gasteiger partial charge >= 0.3 is 0 Å². The molecule has 0 spiro atoms. The quantitative estimate of drug-likeness (QED) is 0.777. The van der Waals surface area contributed by atoms with Crippen LogP contribution in [0.1, 0.15) is 12.5 Å². The fourth-order valence-electron chi connectivity index (χ4n) is 1.88. The van der Waals surface area contributed by atoms with Crippen LogP contribution in [-0.4, -0.2) is 12.5 Å². The number of hydrogen-bond donors (Lipinski definition) is 1. The average molecular weight is 336 g/mol. The lowest BCUT2D eigenvalue weighted by Crippen LogP contribution is -2.07. The molecule has 0 aliphatic carbocycles. The Bertz CT molecular complexity index is 679. The Morgan fingerprint density at radius 3 is 2.55 bits per heavy atom. The SMILES string of the molecule is CCOc1ccccc1/C=C/C(=O)Nc1cc(Cl)cc(Cl)c1. The molecule has 114 valence electrons. The van der Waals surface area contributed by atoms with E-state index in [4.69, 9.17) is 27.9 Å². The van der Waals surface area contributed by atoms with Crippen LogP contribution in [0.5, 0.6) is 5.75 Å². The van der Waals surface area contributed by atoms with E-state index >= 15 is 0 Å². The summed E-state index contributed by atoms with van der Waals surface area (Å²) < 4.78 is 5.50. The zero-order valence-corrected chi connectivity index (χ0v) is 13.5. The number of amides is 1. The lowest BCUT2D eigenvalue weighted by molar-refractivity contribution is -0.111. The molecular formula is C17H15Cl2NO2. The molecule has 2 rings (SSSR count). The number of carbonyl (C=O) groups excluding carboxylic acids is 1. The summed E-state index contributed by atoms with van der Waals surface area (Å²) in [5.41, 5.74) is 1.38. The molecule has 0 unspecified atom stereocenters. The van der Waals surface area contributed by atoms with Gasteiger partial charge in [-0.2, -0.15) is 0 Å². The summed E-state index contributed by atoms with van der Waals surface area (Å²) in [5, 5.41) is 3.64. The highest BCUT2D eigenvalue weighted by atomic mass is 35.5. The Morgan fingerprint density at radius 1 is 1.18 bits per heavy atom. The van der Waals surface area contributed by atoms with Crippen LogP contribution >= 0.6 is 23.2 Å². The second kappa shape index (κ2) is 7.87. The standard InChI is InChI=1S/C17H15Cl2NO2/c1-2-22-16-6-4-3-5-12(16)7-8-17(21)20-15-10-13(18)9-14(19)11-15/h3-11H,2H2,1H3,(H,20,21)/b8-7+. The lowest BCUT2D eigenvalue weighted by Gasteiger charge is -2.06. The Hall–Kier alpha value is -1.97. The molecule has 2 aromatic carbocycles. The molecule has 0 heterocycles. The molecule has 0 aliphatic rings. The van der Waals surface area contributed by atoms with Crippen LogP contribution in [0.3, 0.4) is 0 Å². The number of ether oxygens (including phenoxy) is 1. The highest BCUT2D eigenvalue weighted by Crippen LogP contribution is 2.23. The smallest absolute Gasteiger partial charge is 0.248 e.